The highest BCUT2D eigenvalue weighted by Crippen LogP contribution is 2.38. The third kappa shape index (κ3) is 3.86. The molecule has 11 heteroatoms. The molecule has 1 N–H and O–H groups in total. The number of carbonyl (C=O) groups excluding carboxylic acids is 2. The number of alkyl halides is 2. The fourth-order valence-corrected chi connectivity index (χ4v) is 2.42. The lowest BCUT2D eigenvalue weighted by molar-refractivity contribution is -0.163. The molecule has 0 spiro atoms. The van der Waals surface area contributed by atoms with Gasteiger partial charge in [0.1, 0.15) is 0 Å². The van der Waals surface area contributed by atoms with Gasteiger partial charge < -0.3 is 14.2 Å². The van der Waals surface area contributed by atoms with Crippen LogP contribution in [-0.2, 0) is 33.9 Å². The predicted molar refractivity (Wildman–Crippen MR) is 61.9 cm³/mol. The van der Waals surface area contributed by atoms with Crippen LogP contribution in [0.5, 0.6) is 0 Å². The fourth-order valence-electron chi connectivity index (χ4n) is 1.99. The number of hydrogen-bond acceptors (Lipinski definition) is 7. The fraction of sp³-hybridized carbons (Fsp3) is 0.800. The van der Waals surface area contributed by atoms with Gasteiger partial charge in [-0.2, -0.15) is 17.2 Å². The topological polar surface area (TPSA) is 116 Å². The molecule has 3 atom stereocenters. The van der Waals surface area contributed by atoms with E-state index in [1.807, 2.05) is 0 Å². The van der Waals surface area contributed by atoms with E-state index in [9.17, 15) is 26.8 Å². The van der Waals surface area contributed by atoms with Gasteiger partial charge in [0.2, 0.25) is 0 Å². The van der Waals surface area contributed by atoms with Crippen LogP contribution in [0.3, 0.4) is 0 Å². The second-order valence-electron chi connectivity index (χ2n) is 4.40. The number of hydrogen-bond donors (Lipinski definition) is 1. The molecule has 0 saturated carbocycles. The Labute approximate surface area is 119 Å². The van der Waals surface area contributed by atoms with Crippen molar-refractivity contribution >= 4 is 22.1 Å². The van der Waals surface area contributed by atoms with Gasteiger partial charge in [0.05, 0.1) is 14.2 Å². The summed E-state index contributed by atoms with van der Waals surface area (Å²) in [5, 5.41) is -4.47. The van der Waals surface area contributed by atoms with E-state index < -0.39 is 51.9 Å². The van der Waals surface area contributed by atoms with Gasteiger partial charge >= 0.3 is 27.3 Å². The van der Waals surface area contributed by atoms with Crippen molar-refractivity contribution in [1.29, 1.82) is 0 Å². The molecule has 1 aliphatic rings. The highest BCUT2D eigenvalue weighted by molar-refractivity contribution is 7.86. The molecule has 0 aromatic rings. The number of rotatable bonds is 5. The Kier molecular flexibility index (Phi) is 5.23. The summed E-state index contributed by atoms with van der Waals surface area (Å²) in [6, 6.07) is 0. The smallest absolute Gasteiger partial charge is 0.370 e. The monoisotopic (exact) mass is 332 g/mol. The SMILES string of the molecule is COC(=O)C1CC(CC(F)(F)S(=O)(=O)O)C(C(=O)OC)O1. The Hall–Kier alpha value is -1.33. The van der Waals surface area contributed by atoms with Gasteiger partial charge in [0, 0.05) is 12.3 Å². The van der Waals surface area contributed by atoms with Crippen molar-refractivity contribution in [1.82, 2.24) is 0 Å². The summed E-state index contributed by atoms with van der Waals surface area (Å²) >= 11 is 0. The molecule has 8 nitrogen and oxygen atoms in total. The second kappa shape index (κ2) is 6.20. The number of ether oxygens (including phenoxy) is 3. The number of carbonyl (C=O) groups is 2. The summed E-state index contributed by atoms with van der Waals surface area (Å²) in [5.41, 5.74) is 0. The molecule has 1 fully saturated rings. The minimum absolute atomic E-state index is 0.364. The molecule has 3 unspecified atom stereocenters. The van der Waals surface area contributed by atoms with Crippen LogP contribution < -0.4 is 0 Å². The zero-order chi connectivity index (χ0) is 16.4. The highest BCUT2D eigenvalue weighted by atomic mass is 32.2. The van der Waals surface area contributed by atoms with Gasteiger partial charge in [0.25, 0.3) is 0 Å². The lowest BCUT2D eigenvalue weighted by Gasteiger charge is -2.20. The van der Waals surface area contributed by atoms with E-state index in [2.05, 4.69) is 9.47 Å². The standard InChI is InChI=1S/C10H14F2O8S/c1-18-8(13)6-3-5(7(20-6)9(14)19-2)4-10(11,12)21(15,16)17/h5-7H,3-4H2,1-2H3,(H,15,16,17). The van der Waals surface area contributed by atoms with E-state index in [-0.39, 0.29) is 6.42 Å². The molecule has 0 bridgehead atoms. The zero-order valence-corrected chi connectivity index (χ0v) is 11.9. The molecule has 122 valence electrons. The minimum atomic E-state index is -5.65. The Morgan fingerprint density at radius 3 is 2.24 bits per heavy atom. The van der Waals surface area contributed by atoms with Crippen molar-refractivity contribution in [3.63, 3.8) is 0 Å². The van der Waals surface area contributed by atoms with E-state index >= 15 is 0 Å². The van der Waals surface area contributed by atoms with E-state index in [1.54, 1.807) is 0 Å². The molecule has 1 aliphatic heterocycles. The Morgan fingerprint density at radius 1 is 1.29 bits per heavy atom. The van der Waals surface area contributed by atoms with Gasteiger partial charge in [-0.1, -0.05) is 0 Å². The summed E-state index contributed by atoms with van der Waals surface area (Å²) in [6.45, 7) is 0. The van der Waals surface area contributed by atoms with Crippen molar-refractivity contribution in [3.05, 3.63) is 0 Å². The van der Waals surface area contributed by atoms with Crippen LogP contribution in [-0.4, -0.2) is 56.6 Å². The first-order valence-corrected chi connectivity index (χ1v) is 7.13. The maximum absolute atomic E-state index is 13.4. The molecular weight excluding hydrogens is 318 g/mol. The third-order valence-corrected chi connectivity index (χ3v) is 3.95. The summed E-state index contributed by atoms with van der Waals surface area (Å²) < 4.78 is 70.2. The summed E-state index contributed by atoms with van der Waals surface area (Å²) in [6.07, 6.45) is -4.59. The molecular formula is C10H14F2O8S. The van der Waals surface area contributed by atoms with Crippen LogP contribution in [0, 0.1) is 5.92 Å². The Morgan fingerprint density at radius 2 is 1.81 bits per heavy atom. The van der Waals surface area contributed by atoms with E-state index in [0.29, 0.717) is 0 Å². The van der Waals surface area contributed by atoms with Crippen LogP contribution in [0.1, 0.15) is 12.8 Å². The number of methoxy groups -OCH3 is 2. The third-order valence-electron chi connectivity index (χ3n) is 3.03. The van der Waals surface area contributed by atoms with Gasteiger partial charge in [-0.3, -0.25) is 4.55 Å². The molecule has 1 heterocycles. The predicted octanol–water partition coefficient (Wildman–Crippen LogP) is -0.0232. The summed E-state index contributed by atoms with van der Waals surface area (Å²) in [7, 11) is -3.62. The van der Waals surface area contributed by atoms with Crippen LogP contribution in [0.2, 0.25) is 0 Å². The van der Waals surface area contributed by atoms with Crippen molar-refractivity contribution in [3.8, 4) is 0 Å². The summed E-state index contributed by atoms with van der Waals surface area (Å²) in [4.78, 5) is 22.8. The second-order valence-corrected chi connectivity index (χ2v) is 5.95. The lowest BCUT2D eigenvalue weighted by Crippen LogP contribution is -2.36. The maximum atomic E-state index is 13.4. The first kappa shape index (κ1) is 17.7. The van der Waals surface area contributed by atoms with Crippen LogP contribution in [0.4, 0.5) is 8.78 Å². The molecule has 1 saturated heterocycles. The van der Waals surface area contributed by atoms with Gasteiger partial charge in [-0.15, -0.1) is 0 Å². The number of halogens is 2. The maximum Gasteiger partial charge on any atom is 0.370 e. The quantitative estimate of drug-likeness (QED) is 0.551. The average Bonchev–Trinajstić information content (AvgIpc) is 2.78. The van der Waals surface area contributed by atoms with E-state index in [4.69, 9.17) is 9.29 Å². The molecule has 1 rings (SSSR count). The van der Waals surface area contributed by atoms with Crippen LogP contribution in [0.25, 0.3) is 0 Å². The zero-order valence-electron chi connectivity index (χ0n) is 11.1. The van der Waals surface area contributed by atoms with Crippen molar-refractivity contribution < 1.29 is 45.6 Å². The minimum Gasteiger partial charge on any atom is -0.467 e. The Bertz CT molecular complexity index is 517. The molecule has 0 aromatic heterocycles. The van der Waals surface area contributed by atoms with Gasteiger partial charge in [-0.25, -0.2) is 9.59 Å². The van der Waals surface area contributed by atoms with Crippen molar-refractivity contribution in [2.24, 2.45) is 5.92 Å². The van der Waals surface area contributed by atoms with Gasteiger partial charge in [-0.05, 0) is 6.42 Å². The molecule has 0 amide bonds. The highest BCUT2D eigenvalue weighted by Gasteiger charge is 2.52. The molecule has 0 aromatic carbocycles. The largest absolute Gasteiger partial charge is 0.467 e. The Balaban J connectivity index is 2.96. The first-order valence-electron chi connectivity index (χ1n) is 5.69. The van der Waals surface area contributed by atoms with Crippen LogP contribution >= 0.6 is 0 Å². The lowest BCUT2D eigenvalue weighted by atomic mass is 9.95. The molecule has 21 heavy (non-hydrogen) atoms. The normalized spacial score (nSPS) is 26.4. The van der Waals surface area contributed by atoms with Crippen molar-refractivity contribution in [2.75, 3.05) is 14.2 Å². The van der Waals surface area contributed by atoms with E-state index in [1.165, 1.54) is 0 Å². The van der Waals surface area contributed by atoms with E-state index in [0.717, 1.165) is 14.2 Å². The van der Waals surface area contributed by atoms with Gasteiger partial charge in [0.15, 0.2) is 12.2 Å². The number of esters is 2. The molecule has 0 aliphatic carbocycles. The van der Waals surface area contributed by atoms with Crippen molar-refractivity contribution in [2.45, 2.75) is 30.3 Å². The first-order chi connectivity index (χ1) is 9.53. The molecule has 0 radical (unpaired) electrons. The average molecular weight is 332 g/mol. The summed E-state index contributed by atoms with van der Waals surface area (Å²) in [5.74, 6) is -3.25. The van der Waals surface area contributed by atoms with Crippen LogP contribution in [0.15, 0.2) is 0 Å².